The molecule has 0 saturated carbocycles. The molecule has 1 atom stereocenters. The van der Waals surface area contributed by atoms with Gasteiger partial charge in [-0.1, -0.05) is 30.3 Å². The molecule has 0 spiro atoms. The zero-order chi connectivity index (χ0) is 21.8. The van der Waals surface area contributed by atoms with Crippen molar-refractivity contribution in [2.75, 3.05) is 30.2 Å². The molecule has 0 aliphatic carbocycles. The number of para-hydroxylation sites is 3. The van der Waals surface area contributed by atoms with Gasteiger partial charge in [0.25, 0.3) is 5.91 Å². The minimum absolute atomic E-state index is 0.00390. The lowest BCUT2D eigenvalue weighted by Gasteiger charge is -2.27. The van der Waals surface area contributed by atoms with E-state index >= 15 is 0 Å². The molecule has 158 valence electrons. The number of hydrogen-bond acceptors (Lipinski definition) is 5. The number of nitrogens with one attached hydrogen (secondary N) is 1. The minimum Gasteiger partial charge on any atom is -0.497 e. The minimum atomic E-state index is -0.281. The number of nitrogens with zero attached hydrogens (tertiary/aromatic N) is 1. The molecule has 3 aromatic rings. The van der Waals surface area contributed by atoms with Crippen LogP contribution in [-0.4, -0.2) is 31.8 Å². The van der Waals surface area contributed by atoms with Crippen LogP contribution in [-0.2, 0) is 4.79 Å². The first-order chi connectivity index (χ1) is 15.1. The van der Waals surface area contributed by atoms with Crippen LogP contribution in [0.1, 0.15) is 21.3 Å². The van der Waals surface area contributed by atoms with Gasteiger partial charge in [0.2, 0.25) is 5.91 Å². The van der Waals surface area contributed by atoms with Crippen LogP contribution in [0.5, 0.6) is 11.5 Å². The third kappa shape index (κ3) is 4.22. The zero-order valence-electron chi connectivity index (χ0n) is 17.2. The molecular weight excluding hydrogens is 412 g/mol. The van der Waals surface area contributed by atoms with Crippen LogP contribution in [0.25, 0.3) is 0 Å². The summed E-state index contributed by atoms with van der Waals surface area (Å²) in [7, 11) is 3.17. The highest BCUT2D eigenvalue weighted by molar-refractivity contribution is 8.00. The van der Waals surface area contributed by atoms with Crippen LogP contribution < -0.4 is 19.7 Å². The van der Waals surface area contributed by atoms with Gasteiger partial charge in [-0.15, -0.1) is 11.8 Å². The van der Waals surface area contributed by atoms with Gasteiger partial charge in [0, 0.05) is 16.8 Å². The molecule has 3 aromatic carbocycles. The monoisotopic (exact) mass is 434 g/mol. The van der Waals surface area contributed by atoms with Crippen molar-refractivity contribution in [2.45, 2.75) is 5.37 Å². The van der Waals surface area contributed by atoms with E-state index in [9.17, 15) is 9.59 Å². The van der Waals surface area contributed by atoms with Crippen molar-refractivity contribution in [1.29, 1.82) is 0 Å². The number of carbonyl (C=O) groups is 2. The van der Waals surface area contributed by atoms with Gasteiger partial charge in [-0.25, -0.2) is 0 Å². The normalized spacial score (nSPS) is 15.6. The summed E-state index contributed by atoms with van der Waals surface area (Å²) in [6, 6.07) is 21.9. The molecule has 31 heavy (non-hydrogen) atoms. The number of carbonyl (C=O) groups excluding carboxylic acids is 2. The molecule has 4 rings (SSSR count). The largest absolute Gasteiger partial charge is 0.497 e. The van der Waals surface area contributed by atoms with E-state index in [0.717, 1.165) is 5.56 Å². The molecule has 1 saturated heterocycles. The number of benzene rings is 3. The summed E-state index contributed by atoms with van der Waals surface area (Å²) in [4.78, 5) is 27.4. The molecule has 0 bridgehead atoms. The van der Waals surface area contributed by atoms with Crippen LogP contribution in [0.3, 0.4) is 0 Å². The molecule has 1 heterocycles. The molecule has 6 nitrogen and oxygen atoms in total. The Bertz CT molecular complexity index is 1100. The number of methoxy groups -OCH3 is 2. The Kier molecular flexibility index (Phi) is 6.13. The van der Waals surface area contributed by atoms with E-state index in [1.165, 1.54) is 11.8 Å². The maximum absolute atomic E-state index is 12.8. The smallest absolute Gasteiger partial charge is 0.255 e. The summed E-state index contributed by atoms with van der Waals surface area (Å²) < 4.78 is 10.6. The maximum Gasteiger partial charge on any atom is 0.255 e. The lowest BCUT2D eigenvalue weighted by atomic mass is 10.1. The van der Waals surface area contributed by atoms with Gasteiger partial charge >= 0.3 is 0 Å². The lowest BCUT2D eigenvalue weighted by molar-refractivity contribution is -0.115. The Morgan fingerprint density at radius 3 is 2.42 bits per heavy atom. The summed E-state index contributed by atoms with van der Waals surface area (Å²) in [5.41, 5.74) is 2.75. The molecule has 1 fully saturated rings. The highest BCUT2D eigenvalue weighted by Gasteiger charge is 2.36. The van der Waals surface area contributed by atoms with Crippen molar-refractivity contribution in [3.63, 3.8) is 0 Å². The van der Waals surface area contributed by atoms with Gasteiger partial charge < -0.3 is 14.8 Å². The molecular formula is C24H22N2O4S. The predicted molar refractivity (Wildman–Crippen MR) is 123 cm³/mol. The van der Waals surface area contributed by atoms with Crippen molar-refractivity contribution < 1.29 is 19.1 Å². The fourth-order valence-electron chi connectivity index (χ4n) is 3.51. The topological polar surface area (TPSA) is 67.9 Å². The summed E-state index contributed by atoms with van der Waals surface area (Å²) in [5, 5.41) is 2.71. The Labute approximate surface area is 185 Å². The number of ether oxygens (including phenoxy) is 2. The standard InChI is InChI=1S/C24H22N2O4S/c1-29-17-13-11-16(12-14-17)23(28)25-19-8-4-3-7-18(19)24-26(22(27)15-31-24)20-9-5-6-10-21(20)30-2/h3-14,24H,15H2,1-2H3,(H,25,28). The Morgan fingerprint density at radius 2 is 1.68 bits per heavy atom. The van der Waals surface area contributed by atoms with Crippen LogP contribution in [0.2, 0.25) is 0 Å². The third-order valence-electron chi connectivity index (χ3n) is 5.04. The number of amides is 2. The predicted octanol–water partition coefficient (Wildman–Crippen LogP) is 4.73. The van der Waals surface area contributed by atoms with Crippen molar-refractivity contribution in [3.8, 4) is 11.5 Å². The Morgan fingerprint density at radius 1 is 0.968 bits per heavy atom. The summed E-state index contributed by atoms with van der Waals surface area (Å²) >= 11 is 1.52. The fourth-order valence-corrected chi connectivity index (χ4v) is 4.71. The van der Waals surface area contributed by atoms with Gasteiger partial charge in [-0.2, -0.15) is 0 Å². The zero-order valence-corrected chi connectivity index (χ0v) is 18.0. The van der Waals surface area contributed by atoms with Gasteiger partial charge in [0.1, 0.15) is 16.9 Å². The van der Waals surface area contributed by atoms with Crippen LogP contribution in [0.15, 0.2) is 72.8 Å². The number of thioether (sulfide) groups is 1. The molecule has 0 aromatic heterocycles. The second kappa shape index (κ2) is 9.14. The number of hydrogen-bond donors (Lipinski definition) is 1. The average molecular weight is 435 g/mol. The second-order valence-corrected chi connectivity index (χ2v) is 7.94. The first-order valence-electron chi connectivity index (χ1n) is 9.73. The second-order valence-electron chi connectivity index (χ2n) is 6.87. The number of anilines is 2. The van der Waals surface area contributed by atoms with E-state index in [2.05, 4.69) is 5.32 Å². The quantitative estimate of drug-likeness (QED) is 0.607. The number of rotatable bonds is 6. The molecule has 1 unspecified atom stereocenters. The summed E-state index contributed by atoms with van der Waals surface area (Å²) in [6.07, 6.45) is 0. The third-order valence-corrected chi connectivity index (χ3v) is 6.23. The Balaban J connectivity index is 1.65. The Hall–Kier alpha value is -3.45. The van der Waals surface area contributed by atoms with Gasteiger partial charge in [-0.05, 0) is 42.5 Å². The summed E-state index contributed by atoms with van der Waals surface area (Å²) in [6.45, 7) is 0. The molecule has 2 amide bonds. The lowest BCUT2D eigenvalue weighted by Crippen LogP contribution is -2.29. The van der Waals surface area contributed by atoms with Gasteiger partial charge in [0.15, 0.2) is 0 Å². The average Bonchev–Trinajstić information content (AvgIpc) is 3.20. The first kappa shape index (κ1) is 20.8. The van der Waals surface area contributed by atoms with Crippen molar-refractivity contribution in [2.24, 2.45) is 0 Å². The van der Waals surface area contributed by atoms with E-state index in [4.69, 9.17) is 9.47 Å². The highest BCUT2D eigenvalue weighted by Crippen LogP contribution is 2.46. The van der Waals surface area contributed by atoms with Gasteiger partial charge in [-0.3, -0.25) is 14.5 Å². The van der Waals surface area contributed by atoms with E-state index in [0.29, 0.717) is 34.2 Å². The first-order valence-corrected chi connectivity index (χ1v) is 10.8. The van der Waals surface area contributed by atoms with E-state index < -0.39 is 0 Å². The molecule has 0 radical (unpaired) electrons. The van der Waals surface area contributed by atoms with Crippen molar-refractivity contribution >= 4 is 35.0 Å². The highest BCUT2D eigenvalue weighted by atomic mass is 32.2. The fraction of sp³-hybridized carbons (Fsp3) is 0.167. The van der Waals surface area contributed by atoms with E-state index in [1.54, 1.807) is 43.4 Å². The van der Waals surface area contributed by atoms with E-state index in [-0.39, 0.29) is 17.2 Å². The van der Waals surface area contributed by atoms with Crippen LogP contribution >= 0.6 is 11.8 Å². The molecule has 1 aliphatic heterocycles. The van der Waals surface area contributed by atoms with Crippen LogP contribution in [0.4, 0.5) is 11.4 Å². The maximum atomic E-state index is 12.8. The van der Waals surface area contributed by atoms with E-state index in [1.807, 2.05) is 48.5 Å². The van der Waals surface area contributed by atoms with Crippen LogP contribution in [0, 0.1) is 0 Å². The van der Waals surface area contributed by atoms with Crippen molar-refractivity contribution in [3.05, 3.63) is 83.9 Å². The summed E-state index contributed by atoms with van der Waals surface area (Å²) in [5.74, 6) is 1.43. The molecule has 7 heteroatoms. The molecule has 1 aliphatic rings. The van der Waals surface area contributed by atoms with Crippen molar-refractivity contribution in [1.82, 2.24) is 0 Å². The van der Waals surface area contributed by atoms with Gasteiger partial charge in [0.05, 0.1) is 25.7 Å². The molecule has 1 N–H and O–H groups in total. The SMILES string of the molecule is COc1ccc(C(=O)Nc2ccccc2C2SCC(=O)N2c2ccccc2OC)cc1.